The molecule has 0 radical (unpaired) electrons. The van der Waals surface area contributed by atoms with E-state index in [1.54, 1.807) is 0 Å². The van der Waals surface area contributed by atoms with Gasteiger partial charge in [-0.15, -0.1) is 11.3 Å². The highest BCUT2D eigenvalue weighted by Gasteiger charge is 2.31. The molecule has 102 valence electrons. The van der Waals surface area contributed by atoms with Crippen LogP contribution in [0.1, 0.15) is 55.8 Å². The van der Waals surface area contributed by atoms with Crippen LogP contribution in [0.3, 0.4) is 0 Å². The van der Waals surface area contributed by atoms with Crippen molar-refractivity contribution in [3.05, 3.63) is 21.9 Å². The standard InChI is InChI=1S/C15H25NOS/c1-4-10-16-15(13-8-6-11(3)17-13)14-9-7-12(5-2)18-14/h7,9,11,13,15-16H,4-6,8,10H2,1-3H3. The summed E-state index contributed by atoms with van der Waals surface area (Å²) in [5, 5.41) is 3.67. The lowest BCUT2D eigenvalue weighted by Gasteiger charge is -2.24. The van der Waals surface area contributed by atoms with Gasteiger partial charge in [0.2, 0.25) is 0 Å². The van der Waals surface area contributed by atoms with Gasteiger partial charge in [-0.3, -0.25) is 0 Å². The number of aryl methyl sites for hydroxylation is 1. The van der Waals surface area contributed by atoms with Gasteiger partial charge in [0, 0.05) is 9.75 Å². The lowest BCUT2D eigenvalue weighted by atomic mass is 10.1. The second-order valence-electron chi connectivity index (χ2n) is 5.15. The molecule has 1 aromatic rings. The molecule has 0 aromatic carbocycles. The van der Waals surface area contributed by atoms with Crippen LogP contribution in [0.2, 0.25) is 0 Å². The topological polar surface area (TPSA) is 21.3 Å². The van der Waals surface area contributed by atoms with Gasteiger partial charge in [-0.05, 0) is 51.3 Å². The Morgan fingerprint density at radius 2 is 2.22 bits per heavy atom. The molecule has 2 nitrogen and oxygen atoms in total. The molecule has 0 bridgehead atoms. The van der Waals surface area contributed by atoms with Crippen LogP contribution < -0.4 is 5.32 Å². The summed E-state index contributed by atoms with van der Waals surface area (Å²) in [6.07, 6.45) is 5.46. The summed E-state index contributed by atoms with van der Waals surface area (Å²) in [6, 6.07) is 4.93. The molecule has 0 amide bonds. The average Bonchev–Trinajstić information content (AvgIpc) is 2.99. The maximum atomic E-state index is 6.06. The van der Waals surface area contributed by atoms with E-state index in [0.29, 0.717) is 18.2 Å². The largest absolute Gasteiger partial charge is 0.373 e. The van der Waals surface area contributed by atoms with Gasteiger partial charge in [-0.1, -0.05) is 13.8 Å². The molecule has 0 spiro atoms. The smallest absolute Gasteiger partial charge is 0.0782 e. The molecule has 2 rings (SSSR count). The van der Waals surface area contributed by atoms with Crippen molar-refractivity contribution in [2.75, 3.05) is 6.54 Å². The number of ether oxygens (including phenoxy) is 1. The van der Waals surface area contributed by atoms with Crippen LogP contribution in [0.4, 0.5) is 0 Å². The molecule has 1 N–H and O–H groups in total. The fourth-order valence-corrected chi connectivity index (χ4v) is 3.63. The number of thiophene rings is 1. The van der Waals surface area contributed by atoms with Gasteiger partial charge in [-0.25, -0.2) is 0 Å². The molecule has 3 unspecified atom stereocenters. The lowest BCUT2D eigenvalue weighted by molar-refractivity contribution is 0.0324. The molecule has 1 saturated heterocycles. The molecular weight excluding hydrogens is 242 g/mol. The Morgan fingerprint density at radius 1 is 1.39 bits per heavy atom. The first-order valence-electron chi connectivity index (χ1n) is 7.22. The van der Waals surface area contributed by atoms with Crippen molar-refractivity contribution in [2.45, 2.75) is 64.7 Å². The van der Waals surface area contributed by atoms with Crippen molar-refractivity contribution in [2.24, 2.45) is 0 Å². The zero-order valence-electron chi connectivity index (χ0n) is 11.7. The van der Waals surface area contributed by atoms with Gasteiger partial charge < -0.3 is 10.1 Å². The molecule has 3 heteroatoms. The quantitative estimate of drug-likeness (QED) is 0.843. The second kappa shape index (κ2) is 6.69. The summed E-state index contributed by atoms with van der Waals surface area (Å²) in [6.45, 7) is 7.69. The molecular formula is C15H25NOS. The van der Waals surface area contributed by atoms with Crippen LogP contribution >= 0.6 is 11.3 Å². The van der Waals surface area contributed by atoms with E-state index in [2.05, 4.69) is 38.2 Å². The first kappa shape index (κ1) is 14.0. The summed E-state index contributed by atoms with van der Waals surface area (Å²) in [5.74, 6) is 0. The van der Waals surface area contributed by atoms with Crippen LogP contribution in [-0.2, 0) is 11.2 Å². The zero-order valence-corrected chi connectivity index (χ0v) is 12.6. The van der Waals surface area contributed by atoms with E-state index in [0.717, 1.165) is 13.0 Å². The summed E-state index contributed by atoms with van der Waals surface area (Å²) < 4.78 is 6.06. The fourth-order valence-electron chi connectivity index (χ4n) is 2.55. The Kier molecular flexibility index (Phi) is 5.22. The summed E-state index contributed by atoms with van der Waals surface area (Å²) in [4.78, 5) is 2.92. The second-order valence-corrected chi connectivity index (χ2v) is 6.35. The van der Waals surface area contributed by atoms with Crippen LogP contribution in [0.5, 0.6) is 0 Å². The Morgan fingerprint density at radius 3 is 2.78 bits per heavy atom. The molecule has 0 saturated carbocycles. The van der Waals surface area contributed by atoms with E-state index in [4.69, 9.17) is 4.74 Å². The highest BCUT2D eigenvalue weighted by molar-refractivity contribution is 7.12. The van der Waals surface area contributed by atoms with Crippen LogP contribution in [0.15, 0.2) is 12.1 Å². The first-order valence-corrected chi connectivity index (χ1v) is 8.03. The van der Waals surface area contributed by atoms with Crippen LogP contribution in [-0.4, -0.2) is 18.8 Å². The van der Waals surface area contributed by atoms with E-state index in [1.165, 1.54) is 29.0 Å². The number of rotatable bonds is 6. The van der Waals surface area contributed by atoms with Crippen molar-refractivity contribution in [1.82, 2.24) is 5.32 Å². The Hall–Kier alpha value is -0.380. The third-order valence-electron chi connectivity index (χ3n) is 3.59. The zero-order chi connectivity index (χ0) is 13.0. The monoisotopic (exact) mass is 267 g/mol. The highest BCUT2D eigenvalue weighted by Crippen LogP contribution is 2.33. The molecule has 0 aliphatic carbocycles. The minimum Gasteiger partial charge on any atom is -0.373 e. The highest BCUT2D eigenvalue weighted by atomic mass is 32.1. The van der Waals surface area contributed by atoms with E-state index in [1.807, 2.05) is 11.3 Å². The van der Waals surface area contributed by atoms with E-state index >= 15 is 0 Å². The van der Waals surface area contributed by atoms with Crippen molar-refractivity contribution >= 4 is 11.3 Å². The third-order valence-corrected chi connectivity index (χ3v) is 4.90. The van der Waals surface area contributed by atoms with Crippen molar-refractivity contribution in [3.8, 4) is 0 Å². The summed E-state index contributed by atoms with van der Waals surface area (Å²) in [7, 11) is 0. The predicted molar refractivity (Wildman–Crippen MR) is 78.3 cm³/mol. The Bertz CT molecular complexity index is 363. The summed E-state index contributed by atoms with van der Waals surface area (Å²) in [5.41, 5.74) is 0. The molecule has 2 heterocycles. The average molecular weight is 267 g/mol. The molecule has 18 heavy (non-hydrogen) atoms. The van der Waals surface area contributed by atoms with Gasteiger partial charge in [0.05, 0.1) is 18.2 Å². The number of hydrogen-bond acceptors (Lipinski definition) is 3. The molecule has 3 atom stereocenters. The summed E-state index contributed by atoms with van der Waals surface area (Å²) >= 11 is 1.94. The minimum absolute atomic E-state index is 0.356. The fraction of sp³-hybridized carbons (Fsp3) is 0.733. The molecule has 1 aromatic heterocycles. The van der Waals surface area contributed by atoms with E-state index < -0.39 is 0 Å². The van der Waals surface area contributed by atoms with Crippen LogP contribution in [0.25, 0.3) is 0 Å². The van der Waals surface area contributed by atoms with Crippen LogP contribution in [0, 0.1) is 0 Å². The number of nitrogens with one attached hydrogen (secondary N) is 1. The van der Waals surface area contributed by atoms with Crippen molar-refractivity contribution in [1.29, 1.82) is 0 Å². The van der Waals surface area contributed by atoms with E-state index in [9.17, 15) is 0 Å². The predicted octanol–water partition coefficient (Wildman–Crippen LogP) is 3.92. The first-order chi connectivity index (χ1) is 8.74. The van der Waals surface area contributed by atoms with Gasteiger partial charge >= 0.3 is 0 Å². The Balaban J connectivity index is 2.08. The van der Waals surface area contributed by atoms with Gasteiger partial charge in [0.25, 0.3) is 0 Å². The van der Waals surface area contributed by atoms with Gasteiger partial charge in [0.15, 0.2) is 0 Å². The van der Waals surface area contributed by atoms with Gasteiger partial charge in [0.1, 0.15) is 0 Å². The third kappa shape index (κ3) is 3.34. The molecule has 1 aliphatic rings. The lowest BCUT2D eigenvalue weighted by Crippen LogP contribution is -2.32. The Labute approximate surface area is 115 Å². The van der Waals surface area contributed by atoms with Crippen molar-refractivity contribution in [3.63, 3.8) is 0 Å². The SMILES string of the molecule is CCCNC(c1ccc(CC)s1)C1CCC(C)O1. The number of hydrogen-bond donors (Lipinski definition) is 1. The normalized spacial score (nSPS) is 25.5. The molecule has 1 aliphatic heterocycles. The maximum Gasteiger partial charge on any atom is 0.0782 e. The molecule has 1 fully saturated rings. The van der Waals surface area contributed by atoms with Gasteiger partial charge in [-0.2, -0.15) is 0 Å². The van der Waals surface area contributed by atoms with E-state index in [-0.39, 0.29) is 0 Å². The minimum atomic E-state index is 0.356. The van der Waals surface area contributed by atoms with Crippen molar-refractivity contribution < 1.29 is 4.74 Å². The maximum absolute atomic E-state index is 6.06.